The van der Waals surface area contributed by atoms with Gasteiger partial charge >= 0.3 is 0 Å². The highest BCUT2D eigenvalue weighted by atomic mass is 35.5. The van der Waals surface area contributed by atoms with E-state index in [4.69, 9.17) is 17.2 Å². The topological polar surface area (TPSA) is 103 Å². The van der Waals surface area contributed by atoms with Crippen LogP contribution in [0.5, 0.6) is 0 Å². The summed E-state index contributed by atoms with van der Waals surface area (Å²) in [6.07, 6.45) is 0. The van der Waals surface area contributed by atoms with Crippen molar-refractivity contribution in [3.05, 3.63) is 22.4 Å². The molecule has 0 amide bonds. The van der Waals surface area contributed by atoms with Crippen LogP contribution in [0.2, 0.25) is 0 Å². The van der Waals surface area contributed by atoms with Crippen molar-refractivity contribution in [2.75, 3.05) is 0 Å². The van der Waals surface area contributed by atoms with Gasteiger partial charge in [0, 0.05) is 4.88 Å². The fourth-order valence-electron chi connectivity index (χ4n) is 0.952. The van der Waals surface area contributed by atoms with Crippen LogP contribution >= 0.6 is 23.7 Å². The number of aliphatic imine (C=N–C) groups is 2. The van der Waals surface area contributed by atoms with Gasteiger partial charge in [0.05, 0.1) is 6.04 Å². The third-order valence-corrected chi connectivity index (χ3v) is 2.57. The lowest BCUT2D eigenvalue weighted by Gasteiger charge is -2.02. The number of hydrogen-bond donors (Lipinski definition) is 3. The molecule has 0 radical (unpaired) electrons. The second kappa shape index (κ2) is 6.26. The lowest BCUT2D eigenvalue weighted by atomic mass is 10.3. The van der Waals surface area contributed by atoms with E-state index < -0.39 is 0 Å². The summed E-state index contributed by atoms with van der Waals surface area (Å²) in [4.78, 5) is 8.87. The van der Waals surface area contributed by atoms with Crippen LogP contribution in [0.1, 0.15) is 17.8 Å². The molecule has 7 heteroatoms. The molecule has 0 spiro atoms. The maximum Gasteiger partial charge on any atom is 0.219 e. The van der Waals surface area contributed by atoms with Crippen LogP contribution < -0.4 is 17.2 Å². The minimum atomic E-state index is -0.0790. The summed E-state index contributed by atoms with van der Waals surface area (Å²) in [7, 11) is 0. The molecule has 0 bridgehead atoms. The molecular weight excluding hydrogens is 234 g/mol. The van der Waals surface area contributed by atoms with Gasteiger partial charge in [-0.25, -0.2) is 4.99 Å². The highest BCUT2D eigenvalue weighted by Crippen LogP contribution is 2.21. The van der Waals surface area contributed by atoms with E-state index in [9.17, 15) is 0 Å². The molecule has 6 N–H and O–H groups in total. The zero-order valence-corrected chi connectivity index (χ0v) is 9.89. The Hall–Kier alpha value is -1.27. The molecule has 0 saturated carbocycles. The van der Waals surface area contributed by atoms with E-state index >= 15 is 0 Å². The summed E-state index contributed by atoms with van der Waals surface area (Å²) in [6.45, 7) is 1.93. The molecule has 5 nitrogen and oxygen atoms in total. The number of guanidine groups is 2. The van der Waals surface area contributed by atoms with Gasteiger partial charge in [-0.15, -0.1) is 23.7 Å². The monoisotopic (exact) mass is 247 g/mol. The van der Waals surface area contributed by atoms with E-state index in [-0.39, 0.29) is 30.4 Å². The summed E-state index contributed by atoms with van der Waals surface area (Å²) >= 11 is 1.62. The summed E-state index contributed by atoms with van der Waals surface area (Å²) in [5.41, 5.74) is 15.8. The molecule has 0 unspecified atom stereocenters. The van der Waals surface area contributed by atoms with Crippen molar-refractivity contribution in [1.29, 1.82) is 0 Å². The Morgan fingerprint density at radius 1 is 1.40 bits per heavy atom. The first-order valence-electron chi connectivity index (χ1n) is 4.06. The molecule has 0 aliphatic rings. The Morgan fingerprint density at radius 3 is 2.53 bits per heavy atom. The summed E-state index contributed by atoms with van der Waals surface area (Å²) in [5, 5.41) is 1.98. The number of nitrogens with two attached hydrogens (primary N) is 3. The van der Waals surface area contributed by atoms with Crippen LogP contribution in [-0.4, -0.2) is 11.9 Å². The number of hydrogen-bond acceptors (Lipinski definition) is 2. The van der Waals surface area contributed by atoms with Crippen molar-refractivity contribution in [3.8, 4) is 0 Å². The van der Waals surface area contributed by atoms with E-state index in [2.05, 4.69) is 9.98 Å². The molecule has 0 aliphatic carbocycles. The van der Waals surface area contributed by atoms with Crippen LogP contribution in [0.3, 0.4) is 0 Å². The average Bonchev–Trinajstić information content (AvgIpc) is 2.53. The molecule has 1 aromatic rings. The van der Waals surface area contributed by atoms with E-state index in [0.29, 0.717) is 0 Å². The Labute approximate surface area is 98.5 Å². The van der Waals surface area contributed by atoms with E-state index in [1.807, 2.05) is 24.4 Å². The van der Waals surface area contributed by atoms with Gasteiger partial charge in [-0.1, -0.05) is 6.07 Å². The second-order valence-corrected chi connectivity index (χ2v) is 3.69. The maximum absolute atomic E-state index is 5.49. The van der Waals surface area contributed by atoms with Crippen molar-refractivity contribution >= 4 is 35.7 Å². The zero-order valence-electron chi connectivity index (χ0n) is 8.25. The fraction of sp³-hybridized carbons (Fsp3) is 0.250. The fourth-order valence-corrected chi connectivity index (χ4v) is 1.67. The molecule has 84 valence electrons. The maximum atomic E-state index is 5.49. The van der Waals surface area contributed by atoms with Crippen LogP contribution in [0.25, 0.3) is 0 Å². The Bertz CT molecular complexity index is 342. The van der Waals surface area contributed by atoms with Crippen molar-refractivity contribution < 1.29 is 0 Å². The number of halogens is 1. The molecule has 0 saturated heterocycles. The Kier molecular flexibility index (Phi) is 5.73. The smallest absolute Gasteiger partial charge is 0.219 e. The molecule has 1 atom stereocenters. The summed E-state index contributed by atoms with van der Waals surface area (Å²) in [6, 6.07) is 3.93. The third-order valence-electron chi connectivity index (χ3n) is 1.52. The summed E-state index contributed by atoms with van der Waals surface area (Å²) < 4.78 is 0. The Morgan fingerprint density at radius 2 is 2.07 bits per heavy atom. The minimum absolute atomic E-state index is 0. The van der Waals surface area contributed by atoms with Crippen LogP contribution in [0.15, 0.2) is 27.5 Å². The molecule has 1 rings (SSSR count). The van der Waals surface area contributed by atoms with Gasteiger partial charge in [0.15, 0.2) is 5.96 Å². The highest BCUT2D eigenvalue weighted by molar-refractivity contribution is 7.10. The summed E-state index contributed by atoms with van der Waals surface area (Å²) in [5.74, 6) is 0.0236. The van der Waals surface area contributed by atoms with Crippen molar-refractivity contribution in [1.82, 2.24) is 0 Å². The lowest BCUT2D eigenvalue weighted by Crippen LogP contribution is -2.26. The first-order valence-corrected chi connectivity index (χ1v) is 4.94. The van der Waals surface area contributed by atoms with Gasteiger partial charge in [-0.2, -0.15) is 4.99 Å². The number of rotatable bonds is 2. The van der Waals surface area contributed by atoms with Gasteiger partial charge in [0.2, 0.25) is 5.96 Å². The molecular formula is C8H14ClN5S. The van der Waals surface area contributed by atoms with Gasteiger partial charge in [-0.3, -0.25) is 0 Å². The van der Waals surface area contributed by atoms with Crippen LogP contribution in [-0.2, 0) is 0 Å². The van der Waals surface area contributed by atoms with Gasteiger partial charge in [-0.05, 0) is 18.4 Å². The molecule has 15 heavy (non-hydrogen) atoms. The van der Waals surface area contributed by atoms with Crippen molar-refractivity contribution in [2.45, 2.75) is 13.0 Å². The normalized spacial score (nSPS) is 12.7. The first kappa shape index (κ1) is 13.7. The van der Waals surface area contributed by atoms with E-state index in [1.54, 1.807) is 11.3 Å². The Balaban J connectivity index is 0.00000196. The molecule has 0 aromatic carbocycles. The van der Waals surface area contributed by atoms with Crippen LogP contribution in [0, 0.1) is 0 Å². The second-order valence-electron chi connectivity index (χ2n) is 2.72. The average molecular weight is 248 g/mol. The van der Waals surface area contributed by atoms with Gasteiger partial charge in [0.1, 0.15) is 0 Å². The van der Waals surface area contributed by atoms with E-state index in [0.717, 1.165) is 4.88 Å². The van der Waals surface area contributed by atoms with Gasteiger partial charge in [0.25, 0.3) is 0 Å². The quantitative estimate of drug-likeness (QED) is 0.532. The molecule has 1 aromatic heterocycles. The number of nitrogens with zero attached hydrogens (tertiary/aromatic N) is 2. The largest absolute Gasteiger partial charge is 0.370 e. The highest BCUT2D eigenvalue weighted by Gasteiger charge is 2.04. The van der Waals surface area contributed by atoms with E-state index in [1.165, 1.54) is 0 Å². The third kappa shape index (κ3) is 4.66. The van der Waals surface area contributed by atoms with Crippen molar-refractivity contribution in [2.24, 2.45) is 27.2 Å². The lowest BCUT2D eigenvalue weighted by molar-refractivity contribution is 0.835. The molecule has 0 aliphatic heterocycles. The molecule has 0 fully saturated rings. The first-order chi connectivity index (χ1) is 6.59. The predicted molar refractivity (Wildman–Crippen MR) is 67.4 cm³/mol. The SMILES string of the molecule is C[C@H](N=C(N)N=C(N)N)c1cccs1.Cl. The zero-order chi connectivity index (χ0) is 10.6. The van der Waals surface area contributed by atoms with Gasteiger partial charge < -0.3 is 17.2 Å². The van der Waals surface area contributed by atoms with Crippen molar-refractivity contribution in [3.63, 3.8) is 0 Å². The standard InChI is InChI=1S/C8H13N5S.ClH/c1-5(6-3-2-4-14-6)12-8(11)13-7(9)10;/h2-5H,1H3,(H6,9,10,11,12,13);1H/t5-;/m0./s1. The molecule has 1 heterocycles. The predicted octanol–water partition coefficient (Wildman–Crippen LogP) is 0.819. The van der Waals surface area contributed by atoms with Crippen LogP contribution in [0.4, 0.5) is 0 Å². The minimum Gasteiger partial charge on any atom is -0.370 e. The number of thiophene rings is 1.